The van der Waals surface area contributed by atoms with E-state index in [0.29, 0.717) is 0 Å². The molecule has 0 aromatic rings. The van der Waals surface area contributed by atoms with E-state index in [1.807, 2.05) is 0 Å². The van der Waals surface area contributed by atoms with E-state index in [1.54, 1.807) is 0 Å². The number of hydrogen-bond acceptors (Lipinski definition) is 5. The fourth-order valence-electron chi connectivity index (χ4n) is 0. The molecule has 0 aromatic carbocycles. The van der Waals surface area contributed by atoms with Crippen molar-refractivity contribution in [1.82, 2.24) is 0 Å². The van der Waals surface area contributed by atoms with Crippen LogP contribution in [0.3, 0.4) is 0 Å². The van der Waals surface area contributed by atoms with Crippen molar-refractivity contribution in [1.29, 1.82) is 0 Å². The normalized spacial score (nSPS) is 6.57. The number of rotatable bonds is 0. The molecule has 0 aliphatic carbocycles. The Balaban J connectivity index is -0.000000147. The molecule has 0 saturated heterocycles. The Hall–Kier alpha value is -1.10. The van der Waals surface area contributed by atoms with Crippen molar-refractivity contribution in [2.24, 2.45) is 0 Å². The van der Waals surface area contributed by atoms with Crippen molar-refractivity contribution < 1.29 is 39.6 Å². The van der Waals surface area contributed by atoms with E-state index in [-0.39, 0.29) is 0 Å². The van der Waals surface area contributed by atoms with Crippen LogP contribution in [0.25, 0.3) is 0 Å². The van der Waals surface area contributed by atoms with Gasteiger partial charge >= 0.3 is 53.7 Å². The molecule has 10 heteroatoms. The van der Waals surface area contributed by atoms with Gasteiger partial charge in [0, 0.05) is 0 Å². The van der Waals surface area contributed by atoms with E-state index in [4.69, 9.17) is 39.6 Å². The second-order valence-electron chi connectivity index (χ2n) is 1.22. The standard InChI is InChI=1S/2C2H2O4.S.Sn/c2*3-1(4)2(5)6;;/h2*(H,3,4)(H,5,6);;. The Kier molecular flexibility index (Phi) is 15.8. The van der Waals surface area contributed by atoms with Crippen molar-refractivity contribution in [2.75, 3.05) is 0 Å². The molecular weight excluding hydrogens is 327 g/mol. The number of carboxylic acids is 4. The molecule has 0 fully saturated rings. The molecule has 4 N–H and O–H groups in total. The number of aliphatic carboxylic acids is 4. The van der Waals surface area contributed by atoms with Crippen LogP contribution in [0, 0.1) is 0 Å². The van der Waals surface area contributed by atoms with E-state index in [1.165, 1.54) is 0 Å². The summed E-state index contributed by atoms with van der Waals surface area (Å²) >= 11 is 1.13. The van der Waals surface area contributed by atoms with Gasteiger partial charge < -0.3 is 20.4 Å². The number of carbonyl (C=O) groups is 4. The molecule has 78 valence electrons. The van der Waals surface area contributed by atoms with Gasteiger partial charge in [0.25, 0.3) is 0 Å². The van der Waals surface area contributed by atoms with Gasteiger partial charge in [0.05, 0.1) is 0 Å². The van der Waals surface area contributed by atoms with Crippen LogP contribution in [0.1, 0.15) is 0 Å². The number of hydrogen-bond donors (Lipinski definition) is 4. The van der Waals surface area contributed by atoms with Crippen molar-refractivity contribution in [2.45, 2.75) is 0 Å². The predicted octanol–water partition coefficient (Wildman–Crippen LogP) is -1.42. The third kappa shape index (κ3) is 22.4. The molecule has 0 aromatic heterocycles. The Morgan fingerprint density at radius 3 is 0.714 bits per heavy atom. The molecule has 0 aliphatic heterocycles. The summed E-state index contributed by atoms with van der Waals surface area (Å²) in [6.07, 6.45) is 0. The predicted molar refractivity (Wildman–Crippen MR) is 43.9 cm³/mol. The van der Waals surface area contributed by atoms with Crippen LogP contribution in [0.4, 0.5) is 0 Å². The Morgan fingerprint density at radius 2 is 0.714 bits per heavy atom. The minimum absolute atomic E-state index is 1.13. The Morgan fingerprint density at radius 1 is 0.643 bits per heavy atom. The molecule has 0 rings (SSSR count). The summed E-state index contributed by atoms with van der Waals surface area (Å²) in [4.78, 5) is 36.4. The molecule has 8 nitrogen and oxygen atoms in total. The molecule has 0 amide bonds. The van der Waals surface area contributed by atoms with Crippen LogP contribution < -0.4 is 0 Å². The zero-order valence-electron chi connectivity index (χ0n) is 6.33. The molecular formula is C4H4O8SSn. The molecule has 0 atom stereocenters. The summed E-state index contributed by atoms with van der Waals surface area (Å²) in [5, 5.41) is 29.6. The van der Waals surface area contributed by atoms with Gasteiger partial charge in [0.1, 0.15) is 0 Å². The summed E-state index contributed by atoms with van der Waals surface area (Å²) < 4.78 is 0. The molecule has 14 heavy (non-hydrogen) atoms. The van der Waals surface area contributed by atoms with Crippen LogP contribution in [0.2, 0.25) is 0 Å². The minimum atomic E-state index is -1.82. The molecule has 0 spiro atoms. The second-order valence-corrected chi connectivity index (χ2v) is 1.22. The first kappa shape index (κ1) is 18.6. The van der Waals surface area contributed by atoms with Gasteiger partial charge in [-0.3, -0.25) is 0 Å². The zero-order valence-corrected chi connectivity index (χ0v) is 10.0. The Bertz CT molecular complexity index is 189. The first-order valence-corrected chi connectivity index (χ1v) is 6.32. The number of carboxylic acid groups (broad SMARTS) is 4. The summed E-state index contributed by atoms with van der Waals surface area (Å²) in [7, 11) is 4.17. The van der Waals surface area contributed by atoms with Crippen molar-refractivity contribution in [3.05, 3.63) is 0 Å². The molecule has 0 unspecified atom stereocenters. The first-order valence-electron chi connectivity index (χ1n) is 2.42. The summed E-state index contributed by atoms with van der Waals surface area (Å²) in [5.74, 6) is -7.30. The van der Waals surface area contributed by atoms with Crippen molar-refractivity contribution in [3.8, 4) is 0 Å². The van der Waals surface area contributed by atoms with Crippen LogP contribution in [-0.4, -0.2) is 64.9 Å². The third-order valence-corrected chi connectivity index (χ3v) is 0.366. The quantitative estimate of drug-likeness (QED) is 0.310. The molecule has 0 aliphatic rings. The van der Waals surface area contributed by atoms with Crippen LogP contribution in [-0.2, 0) is 19.2 Å². The van der Waals surface area contributed by atoms with Gasteiger partial charge in [-0.2, -0.15) is 0 Å². The van der Waals surface area contributed by atoms with E-state index < -0.39 is 23.9 Å². The van der Waals surface area contributed by atoms with Crippen LogP contribution >= 0.6 is 9.29 Å². The first-order chi connectivity index (χ1) is 6.29. The van der Waals surface area contributed by atoms with Gasteiger partial charge in [0.15, 0.2) is 0 Å². The van der Waals surface area contributed by atoms with Crippen molar-refractivity contribution in [3.63, 3.8) is 0 Å². The summed E-state index contributed by atoms with van der Waals surface area (Å²) in [6.45, 7) is 0. The van der Waals surface area contributed by atoms with Gasteiger partial charge in [-0.05, 0) is 0 Å². The monoisotopic (exact) mass is 332 g/mol. The molecule has 2 radical (unpaired) electrons. The Labute approximate surface area is 93.4 Å². The molecule has 0 heterocycles. The molecule has 0 saturated carbocycles. The second kappa shape index (κ2) is 11.9. The fraction of sp³-hybridized carbons (Fsp3) is 0. The van der Waals surface area contributed by atoms with Gasteiger partial charge in [-0.1, -0.05) is 0 Å². The maximum absolute atomic E-state index is 9.10. The summed E-state index contributed by atoms with van der Waals surface area (Å²) in [5.41, 5.74) is 0. The van der Waals surface area contributed by atoms with Gasteiger partial charge in [-0.15, -0.1) is 0 Å². The SMILES string of the molecule is O=C(O)C(=O)O.O=C(O)C(=O)O.[S]=[Sn]. The van der Waals surface area contributed by atoms with E-state index >= 15 is 0 Å². The zero-order chi connectivity index (χ0) is 12.3. The third-order valence-electron chi connectivity index (χ3n) is 0.366. The topological polar surface area (TPSA) is 149 Å². The van der Waals surface area contributed by atoms with Crippen LogP contribution in [0.5, 0.6) is 0 Å². The summed E-state index contributed by atoms with van der Waals surface area (Å²) in [6, 6.07) is 0. The van der Waals surface area contributed by atoms with Crippen molar-refractivity contribution >= 4 is 53.7 Å². The van der Waals surface area contributed by atoms with E-state index in [2.05, 4.69) is 9.29 Å². The average Bonchev–Trinajstić information content (AvgIpc) is 2.08. The van der Waals surface area contributed by atoms with E-state index in [9.17, 15) is 0 Å². The van der Waals surface area contributed by atoms with E-state index in [0.717, 1.165) is 20.6 Å². The average molecular weight is 331 g/mol. The fourth-order valence-corrected chi connectivity index (χ4v) is 0. The maximum atomic E-state index is 9.10. The van der Waals surface area contributed by atoms with Gasteiger partial charge in [0.2, 0.25) is 0 Å². The molecule has 0 bridgehead atoms. The van der Waals surface area contributed by atoms with Gasteiger partial charge in [-0.25, -0.2) is 19.2 Å². The van der Waals surface area contributed by atoms with Crippen LogP contribution in [0.15, 0.2) is 0 Å².